The van der Waals surface area contributed by atoms with Crippen molar-refractivity contribution in [2.24, 2.45) is 0 Å². The van der Waals surface area contributed by atoms with Crippen molar-refractivity contribution in [3.63, 3.8) is 0 Å². The molecule has 1 rings (SSSR count). The summed E-state index contributed by atoms with van der Waals surface area (Å²) in [7, 11) is -4.14. The number of benzene rings is 1. The van der Waals surface area contributed by atoms with Gasteiger partial charge in [0, 0.05) is 6.04 Å². The lowest BCUT2D eigenvalue weighted by molar-refractivity contribution is 0.253. The van der Waals surface area contributed by atoms with Crippen molar-refractivity contribution in [3.8, 4) is 0 Å². The smallest absolute Gasteiger partial charge is 0.243 e. The zero-order chi connectivity index (χ0) is 13.9. The Balaban J connectivity index is 3.17. The molecule has 18 heavy (non-hydrogen) atoms. The van der Waals surface area contributed by atoms with Crippen LogP contribution in [0.2, 0.25) is 0 Å². The summed E-state index contributed by atoms with van der Waals surface area (Å²) in [6.45, 7) is 1.26. The van der Waals surface area contributed by atoms with Crippen molar-refractivity contribution in [3.05, 3.63) is 28.2 Å². The molecule has 0 heterocycles. The fourth-order valence-electron chi connectivity index (χ4n) is 1.25. The van der Waals surface area contributed by atoms with Gasteiger partial charge in [-0.1, -0.05) is 6.92 Å². The molecule has 0 radical (unpaired) electrons. The molecule has 4 nitrogen and oxygen atoms in total. The number of sulfonamides is 1. The molecule has 8 heteroatoms. The number of hydrogen-bond donors (Lipinski definition) is 2. The first kappa shape index (κ1) is 15.5. The molecule has 102 valence electrons. The van der Waals surface area contributed by atoms with Crippen LogP contribution < -0.4 is 4.72 Å². The Bertz CT molecular complexity index is 532. The Kier molecular flexibility index (Phi) is 5.20. The molecular weight excluding hydrogens is 332 g/mol. The van der Waals surface area contributed by atoms with Crippen LogP contribution in [-0.2, 0) is 10.0 Å². The van der Waals surface area contributed by atoms with Crippen molar-refractivity contribution >= 4 is 26.0 Å². The molecule has 0 fully saturated rings. The van der Waals surface area contributed by atoms with Crippen molar-refractivity contribution in [1.82, 2.24) is 4.72 Å². The molecule has 0 saturated carbocycles. The summed E-state index contributed by atoms with van der Waals surface area (Å²) in [6.07, 6.45) is 0.347. The summed E-state index contributed by atoms with van der Waals surface area (Å²) in [4.78, 5) is -0.664. The quantitative estimate of drug-likeness (QED) is 0.801. The SMILES string of the molecule is CC[C@H](CO)NS(=O)(=O)c1ccc(F)c(Br)c1F. The third kappa shape index (κ3) is 3.25. The van der Waals surface area contributed by atoms with Crippen LogP contribution in [0.5, 0.6) is 0 Å². The van der Waals surface area contributed by atoms with E-state index in [1.54, 1.807) is 6.92 Å². The predicted molar refractivity (Wildman–Crippen MR) is 65.5 cm³/mol. The van der Waals surface area contributed by atoms with Crippen LogP contribution >= 0.6 is 15.9 Å². The van der Waals surface area contributed by atoms with Crippen LogP contribution in [0.25, 0.3) is 0 Å². The normalized spacial score (nSPS) is 13.6. The largest absolute Gasteiger partial charge is 0.395 e. The van der Waals surface area contributed by atoms with E-state index in [1.807, 2.05) is 0 Å². The fraction of sp³-hybridized carbons (Fsp3) is 0.400. The van der Waals surface area contributed by atoms with Gasteiger partial charge in [-0.2, -0.15) is 0 Å². The summed E-state index contributed by atoms with van der Waals surface area (Å²) < 4.78 is 51.9. The van der Waals surface area contributed by atoms with E-state index < -0.39 is 43.7 Å². The Morgan fingerprint density at radius 2 is 2.06 bits per heavy atom. The molecule has 1 atom stereocenters. The molecule has 1 aromatic carbocycles. The third-order valence-electron chi connectivity index (χ3n) is 2.32. The Labute approximate surface area is 112 Å². The van der Waals surface area contributed by atoms with E-state index in [0.717, 1.165) is 12.1 Å². The molecule has 0 aliphatic heterocycles. The highest BCUT2D eigenvalue weighted by atomic mass is 79.9. The molecule has 0 unspecified atom stereocenters. The second-order valence-corrected chi connectivity index (χ2v) is 6.06. The zero-order valence-corrected chi connectivity index (χ0v) is 11.9. The van der Waals surface area contributed by atoms with E-state index in [0.29, 0.717) is 6.42 Å². The first-order chi connectivity index (χ1) is 8.33. The number of nitrogens with one attached hydrogen (secondary N) is 1. The topological polar surface area (TPSA) is 66.4 Å². The van der Waals surface area contributed by atoms with E-state index >= 15 is 0 Å². The summed E-state index contributed by atoms with van der Waals surface area (Å²) in [5.74, 6) is -2.09. The lowest BCUT2D eigenvalue weighted by atomic mass is 10.3. The first-order valence-electron chi connectivity index (χ1n) is 5.10. The minimum absolute atomic E-state index is 0.347. The molecule has 0 aliphatic rings. The standard InChI is InChI=1S/C10H12BrF2NO3S/c1-2-6(5-15)14-18(16,17)8-4-3-7(12)9(11)10(8)13/h3-4,6,14-15H,2,5H2,1H3/t6-/m1/s1. The second-order valence-electron chi connectivity index (χ2n) is 3.58. The highest BCUT2D eigenvalue weighted by molar-refractivity contribution is 9.10. The van der Waals surface area contributed by atoms with Gasteiger partial charge in [-0.25, -0.2) is 21.9 Å². The number of aliphatic hydroxyl groups is 1. The maximum atomic E-state index is 13.6. The molecule has 1 aromatic rings. The molecule has 0 aromatic heterocycles. The van der Waals surface area contributed by atoms with Crippen LogP contribution in [-0.4, -0.2) is 26.2 Å². The van der Waals surface area contributed by atoms with Gasteiger partial charge in [-0.3, -0.25) is 0 Å². The van der Waals surface area contributed by atoms with Gasteiger partial charge in [-0.05, 0) is 34.5 Å². The van der Waals surface area contributed by atoms with E-state index in [4.69, 9.17) is 5.11 Å². The van der Waals surface area contributed by atoms with Gasteiger partial charge in [0.05, 0.1) is 11.1 Å². The number of rotatable bonds is 5. The fourth-order valence-corrected chi connectivity index (χ4v) is 3.12. The van der Waals surface area contributed by atoms with Crippen molar-refractivity contribution in [2.75, 3.05) is 6.61 Å². The molecule has 0 spiro atoms. The lowest BCUT2D eigenvalue weighted by Crippen LogP contribution is -2.37. The van der Waals surface area contributed by atoms with Gasteiger partial charge in [0.2, 0.25) is 10.0 Å². The molecule has 0 aliphatic carbocycles. The van der Waals surface area contributed by atoms with Crippen molar-refractivity contribution < 1.29 is 22.3 Å². The molecule has 0 saturated heterocycles. The van der Waals surface area contributed by atoms with Gasteiger partial charge < -0.3 is 5.11 Å². The number of hydrogen-bond acceptors (Lipinski definition) is 3. The van der Waals surface area contributed by atoms with E-state index in [1.165, 1.54) is 0 Å². The minimum atomic E-state index is -4.14. The van der Waals surface area contributed by atoms with Gasteiger partial charge in [-0.15, -0.1) is 0 Å². The van der Waals surface area contributed by atoms with E-state index in [9.17, 15) is 17.2 Å². The van der Waals surface area contributed by atoms with Crippen LogP contribution in [0.4, 0.5) is 8.78 Å². The highest BCUT2D eigenvalue weighted by Gasteiger charge is 2.24. The summed E-state index contributed by atoms with van der Waals surface area (Å²) in [5.41, 5.74) is 0. The third-order valence-corrected chi connectivity index (χ3v) is 4.59. The molecule has 2 N–H and O–H groups in total. The second kappa shape index (κ2) is 6.05. The monoisotopic (exact) mass is 343 g/mol. The van der Waals surface area contributed by atoms with Gasteiger partial charge >= 0.3 is 0 Å². The molecule has 0 bridgehead atoms. The van der Waals surface area contributed by atoms with Crippen LogP contribution in [0, 0.1) is 11.6 Å². The Morgan fingerprint density at radius 3 is 2.56 bits per heavy atom. The number of halogens is 3. The summed E-state index contributed by atoms with van der Waals surface area (Å²) >= 11 is 2.63. The summed E-state index contributed by atoms with van der Waals surface area (Å²) in [6, 6.07) is 0.974. The van der Waals surface area contributed by atoms with Crippen LogP contribution in [0.3, 0.4) is 0 Å². The van der Waals surface area contributed by atoms with Crippen molar-refractivity contribution in [1.29, 1.82) is 0 Å². The van der Waals surface area contributed by atoms with Gasteiger partial charge in [0.1, 0.15) is 10.7 Å². The summed E-state index contributed by atoms with van der Waals surface area (Å²) in [5, 5.41) is 8.91. The first-order valence-corrected chi connectivity index (χ1v) is 7.37. The molecular formula is C10H12BrF2NO3S. The van der Waals surface area contributed by atoms with Crippen LogP contribution in [0.1, 0.15) is 13.3 Å². The minimum Gasteiger partial charge on any atom is -0.395 e. The zero-order valence-electron chi connectivity index (χ0n) is 9.45. The number of aliphatic hydroxyl groups excluding tert-OH is 1. The van der Waals surface area contributed by atoms with Gasteiger partial charge in [0.15, 0.2) is 5.82 Å². The van der Waals surface area contributed by atoms with E-state index in [-0.39, 0.29) is 0 Å². The lowest BCUT2D eigenvalue weighted by Gasteiger charge is -2.15. The van der Waals surface area contributed by atoms with Crippen molar-refractivity contribution in [2.45, 2.75) is 24.3 Å². The predicted octanol–water partition coefficient (Wildman–Crippen LogP) is 1.78. The molecule has 0 amide bonds. The van der Waals surface area contributed by atoms with Gasteiger partial charge in [0.25, 0.3) is 0 Å². The average Bonchev–Trinajstić information content (AvgIpc) is 2.32. The maximum absolute atomic E-state index is 13.6. The maximum Gasteiger partial charge on any atom is 0.243 e. The Hall–Kier alpha value is -0.570. The highest BCUT2D eigenvalue weighted by Crippen LogP contribution is 2.25. The van der Waals surface area contributed by atoms with Crippen LogP contribution in [0.15, 0.2) is 21.5 Å². The Morgan fingerprint density at radius 1 is 1.44 bits per heavy atom. The van der Waals surface area contributed by atoms with E-state index in [2.05, 4.69) is 20.7 Å². The average molecular weight is 344 g/mol.